The maximum atomic E-state index is 13.2. The molecule has 6 rings (SSSR count). The Bertz CT molecular complexity index is 1390. The lowest BCUT2D eigenvalue weighted by molar-refractivity contribution is -0.137. The van der Waals surface area contributed by atoms with Gasteiger partial charge in [0.1, 0.15) is 18.4 Å². The molecular formula is C30H39F4N3O7S. The molecule has 2 saturated carbocycles. The highest BCUT2D eigenvalue weighted by Gasteiger charge is 2.46. The number of halogens is 4. The Kier molecular flexibility index (Phi) is 9.81. The molecule has 250 valence electrons. The van der Waals surface area contributed by atoms with Crippen molar-refractivity contribution in [1.29, 1.82) is 0 Å². The van der Waals surface area contributed by atoms with Crippen molar-refractivity contribution in [2.45, 2.75) is 94.7 Å². The van der Waals surface area contributed by atoms with Crippen LogP contribution in [0.5, 0.6) is 5.75 Å². The molecule has 3 amide bonds. The molecule has 0 radical (unpaired) electrons. The van der Waals surface area contributed by atoms with E-state index in [9.17, 15) is 40.4 Å². The van der Waals surface area contributed by atoms with Crippen LogP contribution in [0.15, 0.2) is 18.2 Å². The van der Waals surface area contributed by atoms with Gasteiger partial charge in [-0.3, -0.25) is 29.2 Å². The van der Waals surface area contributed by atoms with Gasteiger partial charge in [-0.2, -0.15) is 8.42 Å². The molecule has 0 aromatic heterocycles. The summed E-state index contributed by atoms with van der Waals surface area (Å²) in [6, 6.07) is 4.90. The lowest BCUT2D eigenvalue weighted by atomic mass is 9.80. The Morgan fingerprint density at radius 3 is 2.31 bits per heavy atom. The summed E-state index contributed by atoms with van der Waals surface area (Å²) in [7, 11) is -3.98. The van der Waals surface area contributed by atoms with Crippen LogP contribution in [0, 0.1) is 11.8 Å². The molecule has 5 aliphatic rings. The van der Waals surface area contributed by atoms with E-state index in [2.05, 4.69) is 10.2 Å². The van der Waals surface area contributed by atoms with Crippen molar-refractivity contribution in [2.75, 3.05) is 25.4 Å². The van der Waals surface area contributed by atoms with Gasteiger partial charge < -0.3 is 9.64 Å². The number of ether oxygens (including phenoxy) is 1. The Hall–Kier alpha value is -2.78. The molecule has 0 spiro atoms. The summed E-state index contributed by atoms with van der Waals surface area (Å²) in [4.78, 5) is 40.3. The van der Waals surface area contributed by atoms with E-state index in [0.717, 1.165) is 31.4 Å². The first kappa shape index (κ1) is 33.6. The van der Waals surface area contributed by atoms with Crippen LogP contribution >= 0.6 is 0 Å². The molecule has 2 atom stereocenters. The van der Waals surface area contributed by atoms with Gasteiger partial charge in [-0.1, -0.05) is 6.42 Å². The summed E-state index contributed by atoms with van der Waals surface area (Å²) in [5, 5.41) is 2.31. The van der Waals surface area contributed by atoms with Crippen LogP contribution in [0.3, 0.4) is 0 Å². The smallest absolute Gasteiger partial charge is 0.264 e. The van der Waals surface area contributed by atoms with E-state index in [4.69, 9.17) is 9.29 Å². The maximum Gasteiger partial charge on any atom is 0.264 e. The number of amides is 3. The van der Waals surface area contributed by atoms with Gasteiger partial charge in [0.25, 0.3) is 16.0 Å². The summed E-state index contributed by atoms with van der Waals surface area (Å²) in [5.74, 6) is -5.97. The number of nitrogens with one attached hydrogen (secondary N) is 1. The standard InChI is InChI=1S/C24H29F2N3O4.C6H10F2O3S/c25-24(26)10-15(11-24)12-28-8-2-1-3-17(28)14-33-18-4-5-19-16(9-18)13-29(23(19)32)20-6-7-21(30)27-22(20)31;7-6(8)3-5(4-6)1-2-12(9,10)11/h4-5,9,15,17,20H,1-3,6-8,10-14H2,(H,27,30,31);5H,1-4H2,(H,9,10,11)/t17-,20?;/m1./s1. The molecule has 4 fully saturated rings. The topological polar surface area (TPSA) is 133 Å². The number of piperidine rings is 2. The Labute approximate surface area is 259 Å². The second kappa shape index (κ2) is 13.1. The van der Waals surface area contributed by atoms with Gasteiger partial charge >= 0.3 is 0 Å². The third-order valence-electron chi connectivity index (χ3n) is 9.31. The number of hydrogen-bond acceptors (Lipinski definition) is 7. The predicted octanol–water partition coefficient (Wildman–Crippen LogP) is 4.04. The van der Waals surface area contributed by atoms with E-state index in [-0.39, 0.29) is 68.2 Å². The Morgan fingerprint density at radius 1 is 0.978 bits per heavy atom. The second-order valence-corrected chi connectivity index (χ2v) is 14.6. The van der Waals surface area contributed by atoms with E-state index in [1.165, 1.54) is 4.90 Å². The average molecular weight is 662 g/mol. The van der Waals surface area contributed by atoms with Crippen LogP contribution in [0.2, 0.25) is 0 Å². The van der Waals surface area contributed by atoms with Gasteiger partial charge in [0.2, 0.25) is 23.7 Å². The van der Waals surface area contributed by atoms with E-state index >= 15 is 0 Å². The highest BCUT2D eigenvalue weighted by atomic mass is 32.2. The number of benzene rings is 1. The van der Waals surface area contributed by atoms with Crippen LogP contribution in [0.25, 0.3) is 0 Å². The SMILES string of the molecule is O=C1CCC(N2Cc3cc(OC[C@H]4CCCCN4CC4CC(F)(F)C4)ccc3C2=O)C(=O)N1.O=S(=O)(O)CCC1CC(F)(F)C1. The number of carbonyl (C=O) groups is 3. The first-order valence-electron chi connectivity index (χ1n) is 15.4. The zero-order chi connectivity index (χ0) is 32.6. The predicted molar refractivity (Wildman–Crippen MR) is 154 cm³/mol. The minimum atomic E-state index is -3.98. The number of carbonyl (C=O) groups excluding carboxylic acids is 3. The van der Waals surface area contributed by atoms with E-state index in [0.29, 0.717) is 37.4 Å². The molecule has 2 aliphatic carbocycles. The largest absolute Gasteiger partial charge is 0.492 e. The molecular weight excluding hydrogens is 622 g/mol. The van der Waals surface area contributed by atoms with Crippen molar-refractivity contribution in [3.05, 3.63) is 29.3 Å². The zero-order valence-electron chi connectivity index (χ0n) is 24.9. The summed E-state index contributed by atoms with van der Waals surface area (Å²) < 4.78 is 85.6. The third-order valence-corrected chi connectivity index (χ3v) is 10.1. The average Bonchev–Trinajstić information content (AvgIpc) is 3.24. The summed E-state index contributed by atoms with van der Waals surface area (Å²) in [6.07, 6.45) is 3.33. The third kappa shape index (κ3) is 8.73. The number of alkyl halides is 4. The number of rotatable bonds is 9. The fourth-order valence-corrected chi connectivity index (χ4v) is 7.50. The number of fused-ring (bicyclic) bond motifs is 1. The fraction of sp³-hybridized carbons (Fsp3) is 0.700. The molecule has 10 nitrogen and oxygen atoms in total. The highest BCUT2D eigenvalue weighted by molar-refractivity contribution is 7.85. The summed E-state index contributed by atoms with van der Waals surface area (Å²) in [5.41, 5.74) is 1.36. The van der Waals surface area contributed by atoms with Crippen molar-refractivity contribution in [3.63, 3.8) is 0 Å². The lowest BCUT2D eigenvalue weighted by Gasteiger charge is -2.42. The van der Waals surface area contributed by atoms with E-state index < -0.39 is 39.7 Å². The molecule has 2 saturated heterocycles. The number of imide groups is 1. The van der Waals surface area contributed by atoms with Gasteiger partial charge in [0.05, 0.1) is 5.75 Å². The van der Waals surface area contributed by atoms with Crippen molar-refractivity contribution in [3.8, 4) is 5.75 Å². The van der Waals surface area contributed by atoms with Crippen molar-refractivity contribution < 1.29 is 49.7 Å². The van der Waals surface area contributed by atoms with Crippen LogP contribution < -0.4 is 10.1 Å². The quantitative estimate of drug-likeness (QED) is 0.230. The highest BCUT2D eigenvalue weighted by Crippen LogP contribution is 2.44. The monoisotopic (exact) mass is 661 g/mol. The van der Waals surface area contributed by atoms with Gasteiger partial charge in [-0.25, -0.2) is 17.6 Å². The summed E-state index contributed by atoms with van der Waals surface area (Å²) in [6.45, 7) is 2.40. The van der Waals surface area contributed by atoms with E-state index in [1.807, 2.05) is 6.07 Å². The van der Waals surface area contributed by atoms with Crippen molar-refractivity contribution in [2.24, 2.45) is 11.8 Å². The van der Waals surface area contributed by atoms with Gasteiger partial charge in [0, 0.05) is 56.8 Å². The first-order valence-corrected chi connectivity index (χ1v) is 17.0. The van der Waals surface area contributed by atoms with Crippen molar-refractivity contribution >= 4 is 27.8 Å². The molecule has 15 heteroatoms. The Morgan fingerprint density at radius 2 is 1.67 bits per heavy atom. The normalized spacial score (nSPS) is 26.7. The molecule has 0 bridgehead atoms. The minimum Gasteiger partial charge on any atom is -0.492 e. The number of hydrogen-bond donors (Lipinski definition) is 2. The van der Waals surface area contributed by atoms with Crippen molar-refractivity contribution in [1.82, 2.24) is 15.1 Å². The lowest BCUT2D eigenvalue weighted by Crippen LogP contribution is -2.52. The van der Waals surface area contributed by atoms with Gasteiger partial charge in [-0.15, -0.1) is 0 Å². The minimum absolute atomic E-state index is 0.0143. The van der Waals surface area contributed by atoms with Crippen LogP contribution in [-0.4, -0.2) is 89.9 Å². The maximum absolute atomic E-state index is 13.2. The first-order chi connectivity index (χ1) is 21.1. The van der Waals surface area contributed by atoms with Gasteiger partial charge in [0.15, 0.2) is 0 Å². The summed E-state index contributed by atoms with van der Waals surface area (Å²) >= 11 is 0. The van der Waals surface area contributed by atoms with Crippen LogP contribution in [0.1, 0.15) is 80.1 Å². The second-order valence-electron chi connectivity index (χ2n) is 13.0. The zero-order valence-corrected chi connectivity index (χ0v) is 25.7. The van der Waals surface area contributed by atoms with Gasteiger partial charge in [-0.05, 0) is 67.8 Å². The molecule has 1 aromatic rings. The fourth-order valence-electron chi connectivity index (χ4n) is 6.87. The molecule has 1 aromatic carbocycles. The molecule has 3 heterocycles. The van der Waals surface area contributed by atoms with Crippen LogP contribution in [0.4, 0.5) is 17.6 Å². The molecule has 2 N–H and O–H groups in total. The van der Waals surface area contributed by atoms with Crippen LogP contribution in [-0.2, 0) is 26.3 Å². The molecule has 1 unspecified atom stereocenters. The number of likely N-dealkylation sites (tertiary alicyclic amines) is 1. The molecule has 3 aliphatic heterocycles. The number of nitrogens with zero attached hydrogens (tertiary/aromatic N) is 2. The molecule has 45 heavy (non-hydrogen) atoms. The Balaban J connectivity index is 0.000000282. The van der Waals surface area contributed by atoms with E-state index in [1.54, 1.807) is 12.1 Å².